The van der Waals surface area contributed by atoms with Crippen LogP contribution in [0.25, 0.3) is 0 Å². The summed E-state index contributed by atoms with van der Waals surface area (Å²) in [5, 5.41) is 17.2. The fraction of sp³-hybridized carbons (Fsp3) is 0.857. The van der Waals surface area contributed by atoms with Gasteiger partial charge in [0.05, 0.1) is 11.4 Å². The fourth-order valence-corrected chi connectivity index (χ4v) is 2.61. The van der Waals surface area contributed by atoms with Gasteiger partial charge in [-0.2, -0.15) is 4.72 Å². The maximum absolute atomic E-state index is 11.3. The van der Waals surface area contributed by atoms with E-state index in [1.54, 1.807) is 0 Å². The molecule has 0 unspecified atom stereocenters. The summed E-state index contributed by atoms with van der Waals surface area (Å²) in [4.78, 5) is 10.6. The zero-order valence-electron chi connectivity index (χ0n) is 7.67. The number of sulfonamides is 1. The first-order valence-corrected chi connectivity index (χ1v) is 5.81. The van der Waals surface area contributed by atoms with Gasteiger partial charge < -0.3 is 10.2 Å². The second-order valence-electron chi connectivity index (χ2n) is 3.42. The third-order valence-electron chi connectivity index (χ3n) is 2.00. The largest absolute Gasteiger partial charge is 0.480 e. The van der Waals surface area contributed by atoms with E-state index in [4.69, 9.17) is 10.2 Å². The van der Waals surface area contributed by atoms with Crippen molar-refractivity contribution in [2.24, 2.45) is 0 Å². The zero-order valence-corrected chi connectivity index (χ0v) is 8.49. The normalized spacial score (nSPS) is 21.6. The summed E-state index contributed by atoms with van der Waals surface area (Å²) in [6.45, 7) is 1.23. The van der Waals surface area contributed by atoms with Crippen molar-refractivity contribution < 1.29 is 23.4 Å². The molecule has 3 N–H and O–H groups in total. The lowest BCUT2D eigenvalue weighted by Gasteiger charge is -2.16. The van der Waals surface area contributed by atoms with Gasteiger partial charge in [-0.1, -0.05) is 0 Å². The summed E-state index contributed by atoms with van der Waals surface area (Å²) in [5.74, 6) is -1.37. The van der Waals surface area contributed by atoms with Gasteiger partial charge in [0.15, 0.2) is 0 Å². The maximum atomic E-state index is 11.3. The Labute approximate surface area is 82.0 Å². The summed E-state index contributed by atoms with van der Waals surface area (Å²) >= 11 is 0. The lowest BCUT2D eigenvalue weighted by molar-refractivity contribution is -0.141. The van der Waals surface area contributed by atoms with Crippen LogP contribution in [0.15, 0.2) is 0 Å². The van der Waals surface area contributed by atoms with Crippen LogP contribution in [-0.2, 0) is 14.8 Å². The van der Waals surface area contributed by atoms with Crippen LogP contribution in [0, 0.1) is 0 Å². The molecule has 0 spiro atoms. The quantitative estimate of drug-likeness (QED) is 0.549. The molecule has 1 rings (SSSR count). The van der Waals surface area contributed by atoms with Gasteiger partial charge in [0, 0.05) is 0 Å². The van der Waals surface area contributed by atoms with Crippen molar-refractivity contribution in [3.05, 3.63) is 0 Å². The summed E-state index contributed by atoms with van der Waals surface area (Å²) in [6, 6.07) is -1.46. The first-order valence-electron chi connectivity index (χ1n) is 4.26. The van der Waals surface area contributed by atoms with Gasteiger partial charge in [-0.15, -0.1) is 0 Å². The van der Waals surface area contributed by atoms with E-state index in [1.165, 1.54) is 6.92 Å². The van der Waals surface area contributed by atoms with E-state index in [1.807, 2.05) is 4.72 Å². The average molecular weight is 223 g/mol. The van der Waals surface area contributed by atoms with E-state index >= 15 is 0 Å². The van der Waals surface area contributed by atoms with Gasteiger partial charge in [0.2, 0.25) is 10.0 Å². The van der Waals surface area contributed by atoms with Crippen LogP contribution in [0.5, 0.6) is 0 Å². The maximum Gasteiger partial charge on any atom is 0.324 e. The highest BCUT2D eigenvalue weighted by atomic mass is 32.2. The molecule has 6 nitrogen and oxygen atoms in total. The number of hydrogen-bond acceptors (Lipinski definition) is 4. The zero-order chi connectivity index (χ0) is 10.9. The minimum Gasteiger partial charge on any atom is -0.480 e. The van der Waals surface area contributed by atoms with Crippen molar-refractivity contribution in [2.45, 2.75) is 37.2 Å². The number of carbonyl (C=O) groups is 1. The average Bonchev–Trinajstić information content (AvgIpc) is 2.80. The van der Waals surface area contributed by atoms with Crippen LogP contribution in [-0.4, -0.2) is 42.0 Å². The number of aliphatic hydroxyl groups excluding tert-OH is 1. The van der Waals surface area contributed by atoms with Crippen LogP contribution in [0.1, 0.15) is 19.8 Å². The number of hydrogen-bond donors (Lipinski definition) is 3. The number of nitrogens with one attached hydrogen (secondary N) is 1. The van der Waals surface area contributed by atoms with E-state index in [0.717, 1.165) is 0 Å². The smallest absolute Gasteiger partial charge is 0.324 e. The van der Waals surface area contributed by atoms with Crippen molar-refractivity contribution in [1.29, 1.82) is 0 Å². The SMILES string of the molecule is C[C@@H](O)[C@H](NS(=O)(=O)C1CC1)C(=O)O. The molecule has 82 valence electrons. The topological polar surface area (TPSA) is 104 Å². The molecule has 0 heterocycles. The predicted octanol–water partition coefficient (Wildman–Crippen LogP) is -1.10. The van der Waals surface area contributed by atoms with Gasteiger partial charge in [0.1, 0.15) is 6.04 Å². The van der Waals surface area contributed by atoms with E-state index < -0.39 is 33.4 Å². The van der Waals surface area contributed by atoms with Crippen LogP contribution in [0.3, 0.4) is 0 Å². The molecule has 14 heavy (non-hydrogen) atoms. The predicted molar refractivity (Wildman–Crippen MR) is 48.2 cm³/mol. The van der Waals surface area contributed by atoms with Crippen molar-refractivity contribution in [3.63, 3.8) is 0 Å². The molecule has 1 aliphatic rings. The molecule has 0 bridgehead atoms. The molecule has 2 atom stereocenters. The second-order valence-corrected chi connectivity index (χ2v) is 5.41. The Bertz CT molecular complexity index is 319. The number of carboxylic acid groups (broad SMARTS) is 1. The molecular weight excluding hydrogens is 210 g/mol. The Hall–Kier alpha value is -0.660. The summed E-state index contributed by atoms with van der Waals surface area (Å²) in [5.41, 5.74) is 0. The van der Waals surface area contributed by atoms with Crippen molar-refractivity contribution in [1.82, 2.24) is 4.72 Å². The van der Waals surface area contributed by atoms with Crippen molar-refractivity contribution in [2.75, 3.05) is 0 Å². The van der Waals surface area contributed by atoms with Crippen LogP contribution in [0.4, 0.5) is 0 Å². The molecule has 7 heteroatoms. The van der Waals surface area contributed by atoms with Gasteiger partial charge in [-0.05, 0) is 19.8 Å². The van der Waals surface area contributed by atoms with Crippen LogP contribution < -0.4 is 4.72 Å². The summed E-state index contributed by atoms with van der Waals surface area (Å²) < 4.78 is 24.6. The molecule has 0 aromatic carbocycles. The number of carboxylic acids is 1. The number of aliphatic hydroxyl groups is 1. The van der Waals surface area contributed by atoms with Gasteiger partial charge >= 0.3 is 5.97 Å². The van der Waals surface area contributed by atoms with Gasteiger partial charge in [-0.25, -0.2) is 8.42 Å². The molecule has 1 fully saturated rings. The Morgan fingerprint density at radius 2 is 2.00 bits per heavy atom. The molecule has 0 saturated heterocycles. The number of rotatable bonds is 5. The Kier molecular flexibility index (Phi) is 3.13. The molecule has 0 aromatic rings. The van der Waals surface area contributed by atoms with Crippen molar-refractivity contribution >= 4 is 16.0 Å². The number of aliphatic carboxylic acids is 1. The van der Waals surface area contributed by atoms with E-state index in [2.05, 4.69) is 0 Å². The van der Waals surface area contributed by atoms with Crippen LogP contribution in [0.2, 0.25) is 0 Å². The van der Waals surface area contributed by atoms with E-state index in [0.29, 0.717) is 12.8 Å². The fourth-order valence-electron chi connectivity index (χ4n) is 1.01. The second kappa shape index (κ2) is 3.84. The molecule has 1 aliphatic carbocycles. The molecule has 0 aliphatic heterocycles. The minimum absolute atomic E-state index is 0.483. The lowest BCUT2D eigenvalue weighted by Crippen LogP contribution is -2.48. The highest BCUT2D eigenvalue weighted by Crippen LogP contribution is 2.27. The minimum atomic E-state index is -3.57. The first kappa shape index (κ1) is 11.4. The molecule has 1 saturated carbocycles. The lowest BCUT2D eigenvalue weighted by atomic mass is 10.2. The molecule has 0 amide bonds. The van der Waals surface area contributed by atoms with Crippen molar-refractivity contribution in [3.8, 4) is 0 Å². The van der Waals surface area contributed by atoms with Gasteiger partial charge in [0.25, 0.3) is 0 Å². The summed E-state index contributed by atoms with van der Waals surface area (Å²) in [6.07, 6.45) is -0.135. The summed E-state index contributed by atoms with van der Waals surface area (Å²) in [7, 11) is -3.57. The molecular formula is C7H13NO5S. The highest BCUT2D eigenvalue weighted by molar-refractivity contribution is 7.90. The third-order valence-corrected chi connectivity index (χ3v) is 3.93. The Morgan fingerprint density at radius 3 is 2.29 bits per heavy atom. The molecule has 0 radical (unpaired) electrons. The molecule has 0 aromatic heterocycles. The third kappa shape index (κ3) is 2.66. The van der Waals surface area contributed by atoms with E-state index in [9.17, 15) is 13.2 Å². The Morgan fingerprint density at radius 1 is 1.50 bits per heavy atom. The van der Waals surface area contributed by atoms with Crippen LogP contribution >= 0.6 is 0 Å². The highest BCUT2D eigenvalue weighted by Gasteiger charge is 2.39. The Balaban J connectivity index is 2.68. The monoisotopic (exact) mass is 223 g/mol. The standard InChI is InChI=1S/C7H13NO5S/c1-4(9)6(7(10)11)8-14(12,13)5-2-3-5/h4-6,8-9H,2-3H2,1H3,(H,10,11)/t4-,6+/m1/s1. The van der Waals surface area contributed by atoms with Gasteiger partial charge in [-0.3, -0.25) is 4.79 Å². The van der Waals surface area contributed by atoms with E-state index in [-0.39, 0.29) is 0 Å². The first-order chi connectivity index (χ1) is 6.34.